The second kappa shape index (κ2) is 3.34. The quantitative estimate of drug-likeness (QED) is 0.735. The fourth-order valence-electron chi connectivity index (χ4n) is 1.21. The first-order valence-electron chi connectivity index (χ1n) is 4.34. The third-order valence-electron chi connectivity index (χ3n) is 1.71. The van der Waals surface area contributed by atoms with Crippen molar-refractivity contribution in [2.75, 3.05) is 0 Å². The lowest BCUT2D eigenvalue weighted by atomic mass is 10.1. The molecule has 1 aromatic rings. The molecule has 0 spiro atoms. The summed E-state index contributed by atoms with van der Waals surface area (Å²) in [5.41, 5.74) is 6.55. The Hall–Kier alpha value is -1.09. The van der Waals surface area contributed by atoms with Gasteiger partial charge in [0, 0.05) is 24.3 Å². The number of nitrogens with two attached hydrogens (primary N) is 1. The van der Waals surface area contributed by atoms with Crippen LogP contribution in [0.3, 0.4) is 0 Å². The fraction of sp³-hybridized carbons (Fsp3) is 0.500. The van der Waals surface area contributed by atoms with Crippen molar-refractivity contribution < 1.29 is 0 Å². The lowest BCUT2D eigenvalue weighted by molar-refractivity contribution is 0.426. The van der Waals surface area contributed by atoms with Crippen molar-refractivity contribution in [2.45, 2.75) is 32.9 Å². The molecule has 0 bridgehead atoms. The maximum Gasteiger partial charge on any atom is 0.250 e. The number of aromatic nitrogens is 1. The minimum absolute atomic E-state index is 0.00382. The summed E-state index contributed by atoms with van der Waals surface area (Å²) in [7, 11) is 0. The smallest absolute Gasteiger partial charge is 0.250 e. The molecule has 0 saturated carbocycles. The van der Waals surface area contributed by atoms with Gasteiger partial charge in [-0.1, -0.05) is 6.07 Å². The Morgan fingerprint density at radius 3 is 2.62 bits per heavy atom. The van der Waals surface area contributed by atoms with E-state index >= 15 is 0 Å². The Bertz CT molecular complexity index is 347. The van der Waals surface area contributed by atoms with Crippen LogP contribution in [0.4, 0.5) is 0 Å². The second-order valence-electron chi connectivity index (χ2n) is 4.16. The molecule has 0 aliphatic rings. The summed E-state index contributed by atoms with van der Waals surface area (Å²) in [6.07, 6.45) is 1.83. The first-order chi connectivity index (χ1) is 5.88. The van der Waals surface area contributed by atoms with Gasteiger partial charge in [-0.3, -0.25) is 4.79 Å². The number of hydrogen-bond acceptors (Lipinski definition) is 2. The van der Waals surface area contributed by atoms with E-state index in [1.54, 1.807) is 10.6 Å². The Balaban J connectivity index is 3.01. The highest BCUT2D eigenvalue weighted by atomic mass is 16.1. The number of pyridine rings is 1. The average molecular weight is 180 g/mol. The Labute approximate surface area is 78.2 Å². The molecular weight excluding hydrogens is 164 g/mol. The molecule has 0 radical (unpaired) electrons. The summed E-state index contributed by atoms with van der Waals surface area (Å²) in [4.78, 5) is 11.4. The van der Waals surface area contributed by atoms with Crippen LogP contribution in [-0.4, -0.2) is 10.1 Å². The minimum atomic E-state index is -0.350. The molecule has 0 aromatic carbocycles. The highest BCUT2D eigenvalue weighted by Crippen LogP contribution is 2.01. The Morgan fingerprint density at radius 2 is 2.08 bits per heavy atom. The molecule has 72 valence electrons. The van der Waals surface area contributed by atoms with E-state index < -0.39 is 0 Å². The zero-order valence-corrected chi connectivity index (χ0v) is 8.37. The Morgan fingerprint density at radius 1 is 1.46 bits per heavy atom. The van der Waals surface area contributed by atoms with Crippen molar-refractivity contribution in [3.63, 3.8) is 0 Å². The zero-order valence-electron chi connectivity index (χ0n) is 8.37. The normalized spacial score (nSPS) is 11.7. The van der Waals surface area contributed by atoms with Crippen molar-refractivity contribution in [2.24, 2.45) is 5.73 Å². The van der Waals surface area contributed by atoms with Crippen molar-refractivity contribution in [1.82, 2.24) is 4.57 Å². The van der Waals surface area contributed by atoms with E-state index in [1.165, 1.54) is 0 Å². The van der Waals surface area contributed by atoms with Crippen molar-refractivity contribution in [1.29, 1.82) is 0 Å². The van der Waals surface area contributed by atoms with E-state index in [9.17, 15) is 4.79 Å². The van der Waals surface area contributed by atoms with Crippen LogP contribution in [0.15, 0.2) is 23.1 Å². The fourth-order valence-corrected chi connectivity index (χ4v) is 1.21. The molecule has 0 fully saturated rings. The topological polar surface area (TPSA) is 48.0 Å². The highest BCUT2D eigenvalue weighted by molar-refractivity contribution is 5.07. The number of hydrogen-bond donors (Lipinski definition) is 1. The van der Waals surface area contributed by atoms with E-state index in [2.05, 4.69) is 0 Å². The van der Waals surface area contributed by atoms with E-state index in [4.69, 9.17) is 5.73 Å². The predicted molar refractivity (Wildman–Crippen MR) is 53.7 cm³/mol. The van der Waals surface area contributed by atoms with E-state index in [0.29, 0.717) is 6.54 Å². The van der Waals surface area contributed by atoms with Gasteiger partial charge in [0.25, 0.3) is 5.56 Å². The second-order valence-corrected chi connectivity index (χ2v) is 4.16. The van der Waals surface area contributed by atoms with Gasteiger partial charge in [0.15, 0.2) is 0 Å². The van der Waals surface area contributed by atoms with Gasteiger partial charge in [-0.25, -0.2) is 0 Å². The maximum absolute atomic E-state index is 11.4. The van der Waals surface area contributed by atoms with Crippen LogP contribution in [-0.2, 0) is 6.54 Å². The number of nitrogens with zero attached hydrogens (tertiary/aromatic N) is 1. The molecule has 1 heterocycles. The van der Waals surface area contributed by atoms with Crippen molar-refractivity contribution in [3.8, 4) is 0 Å². The largest absolute Gasteiger partial charge is 0.324 e. The van der Waals surface area contributed by atoms with Crippen LogP contribution >= 0.6 is 0 Å². The molecule has 3 nitrogen and oxygen atoms in total. The van der Waals surface area contributed by atoms with Gasteiger partial charge >= 0.3 is 0 Å². The van der Waals surface area contributed by atoms with Crippen LogP contribution in [0.5, 0.6) is 0 Å². The summed E-state index contributed by atoms with van der Waals surface area (Å²) in [6.45, 7) is 6.32. The molecule has 0 unspecified atom stereocenters. The van der Waals surface area contributed by atoms with Crippen LogP contribution in [0.1, 0.15) is 19.4 Å². The lowest BCUT2D eigenvalue weighted by Gasteiger charge is -2.19. The molecule has 1 rings (SSSR count). The standard InChI is InChI=1S/C10H16N2O/c1-8-4-5-9(13)12(6-8)7-10(2,3)11/h4-6H,7,11H2,1-3H3. The molecule has 3 heteroatoms. The summed E-state index contributed by atoms with van der Waals surface area (Å²) in [6, 6.07) is 3.38. The Kier molecular flexibility index (Phi) is 2.57. The first-order valence-corrected chi connectivity index (χ1v) is 4.34. The number of rotatable bonds is 2. The van der Waals surface area contributed by atoms with Crippen LogP contribution in [0, 0.1) is 6.92 Å². The SMILES string of the molecule is Cc1ccc(=O)n(CC(C)(C)N)c1. The molecule has 1 aromatic heterocycles. The zero-order chi connectivity index (χ0) is 10.1. The minimum Gasteiger partial charge on any atom is -0.324 e. The van der Waals surface area contributed by atoms with Gasteiger partial charge in [-0.2, -0.15) is 0 Å². The molecule has 0 amide bonds. The van der Waals surface area contributed by atoms with Gasteiger partial charge in [0.2, 0.25) is 0 Å². The molecule has 2 N–H and O–H groups in total. The van der Waals surface area contributed by atoms with E-state index in [0.717, 1.165) is 5.56 Å². The van der Waals surface area contributed by atoms with Gasteiger partial charge in [0.05, 0.1) is 0 Å². The van der Waals surface area contributed by atoms with E-state index in [1.807, 2.05) is 33.0 Å². The average Bonchev–Trinajstić information content (AvgIpc) is 1.94. The van der Waals surface area contributed by atoms with Gasteiger partial charge in [0.1, 0.15) is 0 Å². The molecule has 13 heavy (non-hydrogen) atoms. The van der Waals surface area contributed by atoms with Crippen molar-refractivity contribution >= 4 is 0 Å². The summed E-state index contributed by atoms with van der Waals surface area (Å²) < 4.78 is 1.65. The third kappa shape index (κ3) is 3.03. The van der Waals surface area contributed by atoms with Gasteiger partial charge < -0.3 is 10.3 Å². The summed E-state index contributed by atoms with van der Waals surface area (Å²) in [5, 5.41) is 0. The van der Waals surface area contributed by atoms with Gasteiger partial charge in [-0.05, 0) is 26.3 Å². The first kappa shape index (κ1) is 9.99. The third-order valence-corrected chi connectivity index (χ3v) is 1.71. The summed E-state index contributed by atoms with van der Waals surface area (Å²) >= 11 is 0. The predicted octanol–water partition coefficient (Wildman–Crippen LogP) is 0.894. The van der Waals surface area contributed by atoms with Crippen LogP contribution in [0.25, 0.3) is 0 Å². The molecule has 0 aliphatic carbocycles. The number of aryl methyl sites for hydroxylation is 1. The van der Waals surface area contributed by atoms with Crippen molar-refractivity contribution in [3.05, 3.63) is 34.2 Å². The molecule has 0 atom stereocenters. The molecular formula is C10H16N2O. The molecule has 0 aliphatic heterocycles. The monoisotopic (exact) mass is 180 g/mol. The van der Waals surface area contributed by atoms with Gasteiger partial charge in [-0.15, -0.1) is 0 Å². The summed E-state index contributed by atoms with van der Waals surface area (Å²) in [5.74, 6) is 0. The van der Waals surface area contributed by atoms with Crippen LogP contribution < -0.4 is 11.3 Å². The molecule has 0 saturated heterocycles. The van der Waals surface area contributed by atoms with Crippen LogP contribution in [0.2, 0.25) is 0 Å². The maximum atomic E-state index is 11.4. The lowest BCUT2D eigenvalue weighted by Crippen LogP contribution is -2.40. The highest BCUT2D eigenvalue weighted by Gasteiger charge is 2.11. The van der Waals surface area contributed by atoms with E-state index in [-0.39, 0.29) is 11.1 Å².